The highest BCUT2D eigenvalue weighted by atomic mass is 19.2. The topological polar surface area (TPSA) is 50.2 Å². The zero-order valence-electron chi connectivity index (χ0n) is 15.2. The monoisotopic (exact) mass is 374 g/mol. The summed E-state index contributed by atoms with van der Waals surface area (Å²) in [7, 11) is 0. The Kier molecular flexibility index (Phi) is 5.20. The Morgan fingerprint density at radius 1 is 1.22 bits per heavy atom. The highest BCUT2D eigenvalue weighted by molar-refractivity contribution is 5.79. The molecule has 1 fully saturated rings. The van der Waals surface area contributed by atoms with Crippen molar-refractivity contribution in [1.29, 1.82) is 0 Å². The number of amides is 1. The van der Waals surface area contributed by atoms with E-state index in [4.69, 9.17) is 0 Å². The van der Waals surface area contributed by atoms with Crippen LogP contribution in [0.5, 0.6) is 0 Å². The summed E-state index contributed by atoms with van der Waals surface area (Å²) >= 11 is 0. The molecule has 1 amide bonds. The number of nitrogens with one attached hydrogen (secondary N) is 1. The fraction of sp³-hybridized carbons (Fsp3) is 0.500. The molecule has 0 spiro atoms. The van der Waals surface area contributed by atoms with Crippen LogP contribution in [0.25, 0.3) is 0 Å². The second kappa shape index (κ2) is 7.76. The molecule has 1 N–H and O–H groups in total. The molecule has 1 aliphatic carbocycles. The smallest absolute Gasteiger partial charge is 0.223 e. The molecule has 7 heteroatoms. The van der Waals surface area contributed by atoms with Crippen molar-refractivity contribution in [2.45, 2.75) is 44.8 Å². The van der Waals surface area contributed by atoms with Crippen molar-refractivity contribution in [2.24, 2.45) is 5.92 Å². The summed E-state index contributed by atoms with van der Waals surface area (Å²) in [5.41, 5.74) is 1.85. The van der Waals surface area contributed by atoms with E-state index in [0.29, 0.717) is 19.6 Å². The van der Waals surface area contributed by atoms with Gasteiger partial charge in [-0.3, -0.25) is 14.4 Å². The van der Waals surface area contributed by atoms with Gasteiger partial charge in [0.1, 0.15) is 0 Å². The van der Waals surface area contributed by atoms with Crippen LogP contribution in [0.4, 0.5) is 8.78 Å². The first-order valence-electron chi connectivity index (χ1n) is 9.56. The second-order valence-electron chi connectivity index (χ2n) is 7.55. The number of carbonyl (C=O) groups is 1. The van der Waals surface area contributed by atoms with Gasteiger partial charge in [-0.25, -0.2) is 8.78 Å². The fourth-order valence-electron chi connectivity index (χ4n) is 3.87. The molecule has 2 heterocycles. The maximum atomic E-state index is 13.5. The lowest BCUT2D eigenvalue weighted by Gasteiger charge is -2.34. The summed E-state index contributed by atoms with van der Waals surface area (Å²) in [5, 5.41) is 7.48. The molecule has 0 unspecified atom stereocenters. The molecule has 2 aliphatic rings. The Morgan fingerprint density at radius 2 is 2.07 bits per heavy atom. The van der Waals surface area contributed by atoms with Crippen LogP contribution in [0.1, 0.15) is 43.0 Å². The third kappa shape index (κ3) is 4.03. The Morgan fingerprint density at radius 3 is 2.81 bits per heavy atom. The molecule has 1 saturated carbocycles. The van der Waals surface area contributed by atoms with Crippen LogP contribution in [0.2, 0.25) is 0 Å². The quantitative estimate of drug-likeness (QED) is 0.846. The maximum Gasteiger partial charge on any atom is 0.223 e. The van der Waals surface area contributed by atoms with Crippen molar-refractivity contribution in [3.63, 3.8) is 0 Å². The van der Waals surface area contributed by atoms with Crippen LogP contribution in [-0.2, 0) is 17.9 Å². The predicted octanol–water partition coefficient (Wildman–Crippen LogP) is 3.02. The number of hydrogen-bond donors (Lipinski definition) is 1. The van der Waals surface area contributed by atoms with Gasteiger partial charge in [0.15, 0.2) is 11.6 Å². The lowest BCUT2D eigenvalue weighted by Crippen LogP contribution is -2.40. The van der Waals surface area contributed by atoms with E-state index in [9.17, 15) is 13.6 Å². The number of aromatic nitrogens is 2. The lowest BCUT2D eigenvalue weighted by molar-refractivity contribution is -0.127. The number of carbonyl (C=O) groups excluding carboxylic acids is 1. The molecule has 1 aliphatic heterocycles. The number of nitrogens with zero attached hydrogens (tertiary/aromatic N) is 3. The van der Waals surface area contributed by atoms with Gasteiger partial charge in [-0.15, -0.1) is 0 Å². The Bertz CT molecular complexity index is 818. The Balaban J connectivity index is 1.38. The van der Waals surface area contributed by atoms with E-state index in [1.54, 1.807) is 12.3 Å². The largest absolute Gasteiger partial charge is 0.356 e. The summed E-state index contributed by atoms with van der Waals surface area (Å²) in [4.78, 5) is 14.2. The summed E-state index contributed by atoms with van der Waals surface area (Å²) in [6.45, 7) is 2.64. The molecular weight excluding hydrogens is 350 g/mol. The zero-order valence-corrected chi connectivity index (χ0v) is 15.2. The van der Waals surface area contributed by atoms with Crippen molar-refractivity contribution in [3.8, 4) is 0 Å². The van der Waals surface area contributed by atoms with Gasteiger partial charge in [-0.2, -0.15) is 5.10 Å². The number of rotatable bonds is 6. The minimum absolute atomic E-state index is 0.149. The Labute approximate surface area is 157 Å². The van der Waals surface area contributed by atoms with E-state index < -0.39 is 11.6 Å². The van der Waals surface area contributed by atoms with E-state index in [1.165, 1.54) is 12.1 Å². The average Bonchev–Trinajstić information content (AvgIpc) is 3.05. The molecular formula is C20H24F2N4O. The average molecular weight is 374 g/mol. The standard InChI is InChI=1S/C20H24F2N4O/c21-18-5-4-14(10-19(18)22)11-25-12-16(26-17(13-25)7-9-24-26)6-8-23-20(27)15-2-1-3-15/h4-5,7,9-10,15-16H,1-3,6,8,11-13H2,(H,23,27)/t16-/m0/s1. The SMILES string of the molecule is O=C(NCC[C@H]1CN(Cc2ccc(F)c(F)c2)Cc2ccnn21)C1CCC1. The number of hydrogen-bond acceptors (Lipinski definition) is 3. The first-order chi connectivity index (χ1) is 13.1. The molecule has 0 radical (unpaired) electrons. The van der Waals surface area contributed by atoms with Crippen LogP contribution in [0.15, 0.2) is 30.5 Å². The molecule has 144 valence electrons. The second-order valence-corrected chi connectivity index (χ2v) is 7.55. The van der Waals surface area contributed by atoms with Gasteiger partial charge >= 0.3 is 0 Å². The molecule has 4 rings (SSSR count). The molecule has 0 saturated heterocycles. The van der Waals surface area contributed by atoms with Gasteiger partial charge in [0.2, 0.25) is 5.91 Å². The van der Waals surface area contributed by atoms with Gasteiger partial charge in [0.05, 0.1) is 11.7 Å². The fourth-order valence-corrected chi connectivity index (χ4v) is 3.87. The van der Waals surface area contributed by atoms with Crippen LogP contribution >= 0.6 is 0 Å². The molecule has 1 atom stereocenters. The lowest BCUT2D eigenvalue weighted by atomic mass is 9.85. The summed E-state index contributed by atoms with van der Waals surface area (Å²) < 4.78 is 28.7. The van der Waals surface area contributed by atoms with Gasteiger partial charge < -0.3 is 5.32 Å². The van der Waals surface area contributed by atoms with Crippen LogP contribution < -0.4 is 5.32 Å². The molecule has 27 heavy (non-hydrogen) atoms. The first kappa shape index (κ1) is 18.1. The number of halogens is 2. The molecule has 5 nitrogen and oxygen atoms in total. The molecule has 2 aromatic rings. The minimum atomic E-state index is -0.824. The van der Waals surface area contributed by atoms with E-state index >= 15 is 0 Å². The van der Waals surface area contributed by atoms with Crippen molar-refractivity contribution in [1.82, 2.24) is 20.0 Å². The third-order valence-electron chi connectivity index (χ3n) is 5.60. The van der Waals surface area contributed by atoms with E-state index in [2.05, 4.69) is 15.3 Å². The number of fused-ring (bicyclic) bond motifs is 1. The van der Waals surface area contributed by atoms with Crippen LogP contribution in [0.3, 0.4) is 0 Å². The maximum absolute atomic E-state index is 13.5. The molecule has 1 aromatic carbocycles. The molecule has 1 aromatic heterocycles. The third-order valence-corrected chi connectivity index (χ3v) is 5.60. The van der Waals surface area contributed by atoms with Crippen LogP contribution in [0, 0.1) is 17.6 Å². The van der Waals surface area contributed by atoms with Crippen molar-refractivity contribution < 1.29 is 13.6 Å². The summed E-state index contributed by atoms with van der Waals surface area (Å²) in [6, 6.07) is 6.19. The van der Waals surface area contributed by atoms with Crippen molar-refractivity contribution >= 4 is 5.91 Å². The van der Waals surface area contributed by atoms with E-state index in [-0.39, 0.29) is 17.9 Å². The van der Waals surface area contributed by atoms with Crippen molar-refractivity contribution in [2.75, 3.05) is 13.1 Å². The van der Waals surface area contributed by atoms with Crippen LogP contribution in [-0.4, -0.2) is 33.7 Å². The summed E-state index contributed by atoms with van der Waals surface area (Å²) in [6.07, 6.45) is 5.73. The van der Waals surface area contributed by atoms with Gasteiger partial charge in [-0.1, -0.05) is 12.5 Å². The highest BCUT2D eigenvalue weighted by Gasteiger charge is 2.27. The highest BCUT2D eigenvalue weighted by Crippen LogP contribution is 2.27. The number of benzene rings is 1. The molecule has 0 bridgehead atoms. The minimum Gasteiger partial charge on any atom is -0.356 e. The van der Waals surface area contributed by atoms with Gasteiger partial charge in [0, 0.05) is 38.3 Å². The normalized spacial score (nSPS) is 20.1. The Hall–Kier alpha value is -2.28. The van der Waals surface area contributed by atoms with Crippen molar-refractivity contribution in [3.05, 3.63) is 53.4 Å². The van der Waals surface area contributed by atoms with E-state index in [1.807, 2.05) is 10.7 Å². The summed E-state index contributed by atoms with van der Waals surface area (Å²) in [5.74, 6) is -1.28. The predicted molar refractivity (Wildman–Crippen MR) is 96.7 cm³/mol. The van der Waals surface area contributed by atoms with Gasteiger partial charge in [-0.05, 0) is 43.0 Å². The van der Waals surface area contributed by atoms with Gasteiger partial charge in [0.25, 0.3) is 0 Å². The first-order valence-corrected chi connectivity index (χ1v) is 9.56. The zero-order chi connectivity index (χ0) is 18.8. The van der Waals surface area contributed by atoms with E-state index in [0.717, 1.165) is 43.5 Å².